The molecule has 350 valence electrons. The molecule has 21 nitrogen and oxygen atoms in total. The molecule has 6 amide bonds. The highest BCUT2D eigenvalue weighted by molar-refractivity contribution is 7.70. The molecule has 1 aromatic carbocycles. The average molecular weight is 936 g/mol. The molecular formula is C42H47F2N11O10S. The molecule has 1 saturated carbocycles. The van der Waals surface area contributed by atoms with Gasteiger partial charge in [-0.1, -0.05) is 6.07 Å². The number of amides is 6. The van der Waals surface area contributed by atoms with E-state index in [1.165, 1.54) is 27.7 Å². The van der Waals surface area contributed by atoms with Crippen LogP contribution in [0.4, 0.5) is 26.0 Å². The van der Waals surface area contributed by atoms with E-state index in [0.717, 1.165) is 15.6 Å². The van der Waals surface area contributed by atoms with Gasteiger partial charge in [0.25, 0.3) is 24.1 Å². The Balaban J connectivity index is 0.724. The van der Waals surface area contributed by atoms with E-state index in [9.17, 15) is 46.0 Å². The van der Waals surface area contributed by atoms with Crippen molar-refractivity contribution >= 4 is 69.2 Å². The lowest BCUT2D eigenvalue weighted by Crippen LogP contribution is -2.54. The third kappa shape index (κ3) is 8.83. The highest BCUT2D eigenvalue weighted by Gasteiger charge is 2.46. The second kappa shape index (κ2) is 18.8. The number of carbonyl (C=O) groups excluding carboxylic acids is 6. The number of thiol groups is 1. The van der Waals surface area contributed by atoms with Gasteiger partial charge in [0.05, 0.1) is 47.8 Å². The Morgan fingerprint density at radius 1 is 1.00 bits per heavy atom. The van der Waals surface area contributed by atoms with E-state index in [2.05, 4.69) is 36.0 Å². The maximum Gasteiger partial charge on any atom is 0.284 e. The molecule has 66 heavy (non-hydrogen) atoms. The van der Waals surface area contributed by atoms with Crippen LogP contribution in [0.1, 0.15) is 107 Å². The third-order valence-corrected chi connectivity index (χ3v) is 13.6. The summed E-state index contributed by atoms with van der Waals surface area (Å²) in [6.45, 7) is 1.96. The van der Waals surface area contributed by atoms with Crippen LogP contribution in [0.3, 0.4) is 0 Å². The number of nitrogens with zero attached hydrogens (tertiary/aromatic N) is 8. The number of aromatic nitrogens is 5. The number of morpholine rings is 1. The SMILES string of the molecule is O=C1CCC(N2C(=O)c3cccc(NCCCOCCCN(C(=O)C4CCC(n5cc(NC(=O)c6cnn7ccc(N8CC9CC8CO9)nc67)c(C(F)F)n5)CC4)[SH](=O)=O)c3C2=O)C(=O)N1. The van der Waals surface area contributed by atoms with Crippen LogP contribution < -0.4 is 20.9 Å². The van der Waals surface area contributed by atoms with Gasteiger partial charge in [0, 0.05) is 63.3 Å². The number of piperidine rings is 1. The fraction of sp³-hybridized carbons (Fsp3) is 0.500. The zero-order valence-electron chi connectivity index (χ0n) is 35.5. The monoisotopic (exact) mass is 935 g/mol. The molecule has 3 unspecified atom stereocenters. The van der Waals surface area contributed by atoms with Crippen molar-refractivity contribution in [2.24, 2.45) is 5.92 Å². The van der Waals surface area contributed by atoms with Gasteiger partial charge in [0.2, 0.25) is 28.6 Å². The first kappa shape index (κ1) is 44.8. The van der Waals surface area contributed by atoms with Crippen molar-refractivity contribution in [3.8, 4) is 0 Å². The Kier molecular flexibility index (Phi) is 12.8. The molecule has 4 aliphatic heterocycles. The topological polar surface area (TPSA) is 249 Å². The van der Waals surface area contributed by atoms with Crippen LogP contribution in [0.15, 0.2) is 42.9 Å². The quantitative estimate of drug-likeness (QED) is 0.0675. The maximum absolute atomic E-state index is 14.3. The zero-order chi connectivity index (χ0) is 46.2. The van der Waals surface area contributed by atoms with E-state index < -0.39 is 70.4 Å². The van der Waals surface area contributed by atoms with Crippen LogP contribution in [-0.2, 0) is 34.7 Å². The van der Waals surface area contributed by atoms with E-state index >= 15 is 0 Å². The Hall–Kier alpha value is -6.40. The summed E-state index contributed by atoms with van der Waals surface area (Å²) in [5.41, 5.74) is 0.294. The van der Waals surface area contributed by atoms with Crippen molar-refractivity contribution in [3.05, 3.63) is 65.2 Å². The smallest absolute Gasteiger partial charge is 0.284 e. The van der Waals surface area contributed by atoms with E-state index in [0.29, 0.717) is 63.3 Å². The van der Waals surface area contributed by atoms with E-state index in [4.69, 9.17) is 9.47 Å². The number of carbonyl (C=O) groups is 6. The van der Waals surface area contributed by atoms with Crippen LogP contribution in [0.2, 0.25) is 0 Å². The molecule has 3 N–H and O–H groups in total. The van der Waals surface area contributed by atoms with E-state index in [1.807, 2.05) is 6.07 Å². The number of benzene rings is 1. The molecule has 4 aromatic rings. The van der Waals surface area contributed by atoms with Gasteiger partial charge in [-0.3, -0.25) is 43.7 Å². The summed E-state index contributed by atoms with van der Waals surface area (Å²) in [6.07, 6.45) is 4.46. The lowest BCUT2D eigenvalue weighted by atomic mass is 9.85. The minimum absolute atomic E-state index is 0.0128. The number of anilines is 3. The van der Waals surface area contributed by atoms with E-state index in [-0.39, 0.29) is 85.2 Å². The van der Waals surface area contributed by atoms with Crippen LogP contribution in [-0.4, -0.2) is 135 Å². The van der Waals surface area contributed by atoms with Crippen molar-refractivity contribution in [2.75, 3.05) is 55.0 Å². The lowest BCUT2D eigenvalue weighted by molar-refractivity contribution is -0.136. The van der Waals surface area contributed by atoms with Gasteiger partial charge in [-0.2, -0.15) is 10.2 Å². The van der Waals surface area contributed by atoms with Crippen molar-refractivity contribution in [3.63, 3.8) is 0 Å². The van der Waals surface area contributed by atoms with Crippen LogP contribution >= 0.6 is 0 Å². The van der Waals surface area contributed by atoms with Gasteiger partial charge in [0.1, 0.15) is 17.4 Å². The Morgan fingerprint density at radius 3 is 2.53 bits per heavy atom. The van der Waals surface area contributed by atoms with Crippen LogP contribution in [0.25, 0.3) is 5.65 Å². The Morgan fingerprint density at radius 2 is 1.80 bits per heavy atom. The summed E-state index contributed by atoms with van der Waals surface area (Å²) in [6, 6.07) is 5.30. The van der Waals surface area contributed by atoms with Crippen molar-refractivity contribution in [1.29, 1.82) is 0 Å². The molecule has 1 aliphatic carbocycles. The molecule has 4 fully saturated rings. The fourth-order valence-corrected chi connectivity index (χ4v) is 10.1. The number of hydrogen-bond donors (Lipinski definition) is 4. The first-order valence-corrected chi connectivity index (χ1v) is 23.0. The number of halogens is 2. The molecule has 7 heterocycles. The average Bonchev–Trinajstić information content (AvgIpc) is 4.16. The summed E-state index contributed by atoms with van der Waals surface area (Å²) in [7, 11) is -3.24. The molecule has 3 atom stereocenters. The molecule has 0 spiro atoms. The number of fused-ring (bicyclic) bond motifs is 4. The molecule has 0 radical (unpaired) electrons. The first-order chi connectivity index (χ1) is 31.9. The Labute approximate surface area is 377 Å². The number of hydrogen-bond acceptors (Lipinski definition) is 15. The highest BCUT2D eigenvalue weighted by Crippen LogP contribution is 2.37. The second-order valence-electron chi connectivity index (χ2n) is 16.9. The van der Waals surface area contributed by atoms with Gasteiger partial charge in [-0.05, 0) is 69.6 Å². The molecule has 5 aliphatic rings. The number of rotatable bonds is 17. The zero-order valence-corrected chi connectivity index (χ0v) is 36.4. The minimum atomic E-state index is -3.24. The lowest BCUT2D eigenvalue weighted by Gasteiger charge is -2.30. The molecule has 9 rings (SSSR count). The standard InChI is InChI=1S/C42H47F2N11O10S/c43-36(44)35-30(47-38(57)28-19-46-52-15-12-32(48-37(28)52)51-20-26-18-25(51)22-65-26)21-53(50-35)24-8-6-23(7-9-24)40(59)54(66(62)63)14-3-17-64-16-2-13-45-29-5-1-4-27-34(29)42(61)55(41(27)60)31-10-11-33(56)49-39(31)58/h1,4-5,12,15,19,21,23-26,31,36,45,66H,2-3,6-11,13-14,16-18,20,22H2,(H,47,57)(H,49,56,58). The van der Waals surface area contributed by atoms with Crippen molar-refractivity contribution in [1.82, 2.24) is 38.9 Å². The summed E-state index contributed by atoms with van der Waals surface area (Å²) in [5.74, 6) is -3.57. The highest BCUT2D eigenvalue weighted by atomic mass is 32.2. The molecule has 3 aromatic heterocycles. The van der Waals surface area contributed by atoms with Gasteiger partial charge >= 0.3 is 0 Å². The van der Waals surface area contributed by atoms with E-state index in [1.54, 1.807) is 18.3 Å². The number of alkyl halides is 2. The van der Waals surface area contributed by atoms with Gasteiger partial charge in [-0.15, -0.1) is 0 Å². The largest absolute Gasteiger partial charge is 0.384 e. The predicted molar refractivity (Wildman–Crippen MR) is 228 cm³/mol. The van der Waals surface area contributed by atoms with Gasteiger partial charge in [-0.25, -0.2) is 31.0 Å². The summed E-state index contributed by atoms with van der Waals surface area (Å²) in [5, 5.41) is 16.2. The molecule has 3 saturated heterocycles. The second-order valence-corrected chi connectivity index (χ2v) is 17.9. The minimum Gasteiger partial charge on any atom is -0.384 e. The van der Waals surface area contributed by atoms with Gasteiger partial charge in [0.15, 0.2) is 11.3 Å². The first-order valence-electron chi connectivity index (χ1n) is 21.9. The normalized spacial score (nSPS) is 22.8. The van der Waals surface area contributed by atoms with Gasteiger partial charge < -0.3 is 25.0 Å². The Bertz CT molecular complexity index is 2660. The summed E-state index contributed by atoms with van der Waals surface area (Å²) in [4.78, 5) is 85.0. The summed E-state index contributed by atoms with van der Waals surface area (Å²) >= 11 is 0. The molecular weight excluding hydrogens is 889 g/mol. The van der Waals surface area contributed by atoms with Crippen LogP contribution in [0.5, 0.6) is 0 Å². The molecule has 2 bridgehead atoms. The predicted octanol–water partition coefficient (Wildman–Crippen LogP) is 2.49. The maximum atomic E-state index is 14.3. The summed E-state index contributed by atoms with van der Waals surface area (Å²) < 4.78 is 67.9. The van der Waals surface area contributed by atoms with Crippen molar-refractivity contribution in [2.45, 2.75) is 88.4 Å². The van der Waals surface area contributed by atoms with Crippen LogP contribution in [0, 0.1) is 5.92 Å². The van der Waals surface area contributed by atoms with Crippen molar-refractivity contribution < 1.29 is 55.4 Å². The fourth-order valence-electron chi connectivity index (χ4n) is 9.45. The number of ether oxygens (including phenoxy) is 2. The third-order valence-electron chi connectivity index (χ3n) is 12.8. The number of imide groups is 2. The number of nitrogens with one attached hydrogen (secondary N) is 3. The molecule has 24 heteroatoms.